The number of halogens is 1. The molecule has 0 bridgehead atoms. The van der Waals surface area contributed by atoms with Crippen LogP contribution >= 0.6 is 0 Å². The first-order valence-electron chi connectivity index (χ1n) is 5.67. The van der Waals surface area contributed by atoms with Gasteiger partial charge in [-0.3, -0.25) is 9.59 Å². The van der Waals surface area contributed by atoms with Crippen molar-refractivity contribution in [3.63, 3.8) is 0 Å². The Morgan fingerprint density at radius 2 is 2.22 bits per heavy atom. The van der Waals surface area contributed by atoms with Crippen molar-refractivity contribution in [1.82, 2.24) is 10.3 Å². The number of carboxylic acid groups (broad SMARTS) is 1. The highest BCUT2D eigenvalue weighted by Gasteiger charge is 2.16. The molecule has 1 amide bonds. The maximum absolute atomic E-state index is 12.6. The van der Waals surface area contributed by atoms with Gasteiger partial charge < -0.3 is 10.4 Å². The molecule has 18 heavy (non-hydrogen) atoms. The van der Waals surface area contributed by atoms with E-state index >= 15 is 0 Å². The number of nitrogens with one attached hydrogen (secondary N) is 1. The van der Waals surface area contributed by atoms with E-state index in [1.165, 1.54) is 6.07 Å². The van der Waals surface area contributed by atoms with E-state index in [1.807, 2.05) is 6.92 Å². The minimum Gasteiger partial charge on any atom is -0.481 e. The molecule has 0 aliphatic heterocycles. The van der Waals surface area contributed by atoms with Crippen LogP contribution in [0.25, 0.3) is 0 Å². The lowest BCUT2D eigenvalue weighted by atomic mass is 10.1. The Morgan fingerprint density at radius 1 is 1.50 bits per heavy atom. The highest BCUT2D eigenvalue weighted by atomic mass is 19.1. The largest absolute Gasteiger partial charge is 0.481 e. The average Bonchev–Trinajstić information content (AvgIpc) is 2.29. The van der Waals surface area contributed by atoms with Gasteiger partial charge in [-0.1, -0.05) is 13.3 Å². The molecule has 1 heterocycles. The summed E-state index contributed by atoms with van der Waals surface area (Å²) in [5.74, 6) is -1.99. The van der Waals surface area contributed by atoms with Crippen LogP contribution in [-0.2, 0) is 4.79 Å². The minimum atomic E-state index is -0.971. The van der Waals surface area contributed by atoms with Gasteiger partial charge in [0.05, 0.1) is 12.6 Å². The molecule has 0 aromatic carbocycles. The van der Waals surface area contributed by atoms with E-state index < -0.39 is 23.7 Å². The van der Waals surface area contributed by atoms with E-state index in [0.717, 1.165) is 18.7 Å². The second-order valence-corrected chi connectivity index (χ2v) is 3.92. The quantitative estimate of drug-likeness (QED) is 0.808. The van der Waals surface area contributed by atoms with Crippen LogP contribution in [0.2, 0.25) is 0 Å². The summed E-state index contributed by atoms with van der Waals surface area (Å²) >= 11 is 0. The standard InChI is InChI=1S/C12H15FN2O3/c1-2-3-9(6-11(16)17)15-12(18)10-5-4-8(13)7-14-10/h4-5,7,9H,2-3,6H2,1H3,(H,15,18)(H,16,17). The third-order valence-electron chi connectivity index (χ3n) is 2.35. The number of nitrogens with zero attached hydrogens (tertiary/aromatic N) is 1. The lowest BCUT2D eigenvalue weighted by molar-refractivity contribution is -0.137. The summed E-state index contributed by atoms with van der Waals surface area (Å²) in [6, 6.07) is 1.95. The van der Waals surface area contributed by atoms with Gasteiger partial charge in [-0.15, -0.1) is 0 Å². The first-order valence-corrected chi connectivity index (χ1v) is 5.67. The molecule has 6 heteroatoms. The Bertz CT molecular complexity index is 420. The Kier molecular flexibility index (Phi) is 5.23. The van der Waals surface area contributed by atoms with Crippen LogP contribution in [0.3, 0.4) is 0 Å². The highest BCUT2D eigenvalue weighted by Crippen LogP contribution is 2.04. The number of hydrogen-bond donors (Lipinski definition) is 2. The van der Waals surface area contributed by atoms with Gasteiger partial charge >= 0.3 is 5.97 Å². The van der Waals surface area contributed by atoms with Crippen molar-refractivity contribution < 1.29 is 19.1 Å². The molecule has 5 nitrogen and oxygen atoms in total. The number of pyridine rings is 1. The maximum Gasteiger partial charge on any atom is 0.305 e. The van der Waals surface area contributed by atoms with Crippen molar-refractivity contribution in [2.24, 2.45) is 0 Å². The average molecular weight is 254 g/mol. The zero-order valence-electron chi connectivity index (χ0n) is 10.0. The van der Waals surface area contributed by atoms with Crippen molar-refractivity contribution in [3.8, 4) is 0 Å². The van der Waals surface area contributed by atoms with E-state index in [0.29, 0.717) is 6.42 Å². The number of rotatable bonds is 6. The second-order valence-electron chi connectivity index (χ2n) is 3.92. The molecule has 0 aliphatic rings. The SMILES string of the molecule is CCCC(CC(=O)O)NC(=O)c1ccc(F)cn1. The third kappa shape index (κ3) is 4.48. The van der Waals surface area contributed by atoms with Gasteiger partial charge in [-0.2, -0.15) is 0 Å². The normalized spacial score (nSPS) is 11.9. The van der Waals surface area contributed by atoms with Crippen LogP contribution in [0.5, 0.6) is 0 Å². The van der Waals surface area contributed by atoms with Crippen molar-refractivity contribution >= 4 is 11.9 Å². The number of amides is 1. The molecule has 1 atom stereocenters. The molecule has 1 unspecified atom stereocenters. The molecule has 0 radical (unpaired) electrons. The molecule has 0 aliphatic carbocycles. The molecule has 0 fully saturated rings. The monoisotopic (exact) mass is 254 g/mol. The van der Waals surface area contributed by atoms with E-state index in [1.54, 1.807) is 0 Å². The Labute approximate surface area is 104 Å². The number of hydrogen-bond acceptors (Lipinski definition) is 3. The molecule has 0 saturated carbocycles. The summed E-state index contributed by atoms with van der Waals surface area (Å²) < 4.78 is 12.6. The van der Waals surface area contributed by atoms with Crippen molar-refractivity contribution in [2.75, 3.05) is 0 Å². The zero-order chi connectivity index (χ0) is 13.5. The smallest absolute Gasteiger partial charge is 0.305 e. The summed E-state index contributed by atoms with van der Waals surface area (Å²) in [4.78, 5) is 26.0. The molecule has 0 spiro atoms. The van der Waals surface area contributed by atoms with Crippen LogP contribution in [0.4, 0.5) is 4.39 Å². The Morgan fingerprint density at radius 3 is 2.72 bits per heavy atom. The molecule has 98 valence electrons. The molecule has 1 aromatic heterocycles. The highest BCUT2D eigenvalue weighted by molar-refractivity contribution is 5.92. The van der Waals surface area contributed by atoms with Gasteiger partial charge in [0, 0.05) is 6.04 Å². The van der Waals surface area contributed by atoms with E-state index in [-0.39, 0.29) is 12.1 Å². The predicted octanol–water partition coefficient (Wildman–Crippen LogP) is 1.59. The lowest BCUT2D eigenvalue weighted by Crippen LogP contribution is -2.36. The van der Waals surface area contributed by atoms with Crippen LogP contribution in [0.1, 0.15) is 36.7 Å². The Balaban J connectivity index is 2.65. The first kappa shape index (κ1) is 14.1. The lowest BCUT2D eigenvalue weighted by Gasteiger charge is -2.15. The number of carbonyl (C=O) groups excluding carboxylic acids is 1. The molecule has 1 rings (SSSR count). The van der Waals surface area contributed by atoms with E-state index in [9.17, 15) is 14.0 Å². The van der Waals surface area contributed by atoms with Crippen molar-refractivity contribution in [2.45, 2.75) is 32.2 Å². The maximum atomic E-state index is 12.6. The summed E-state index contributed by atoms with van der Waals surface area (Å²) in [7, 11) is 0. The minimum absolute atomic E-state index is 0.0721. The van der Waals surface area contributed by atoms with Gasteiger partial charge in [-0.25, -0.2) is 9.37 Å². The second kappa shape index (κ2) is 6.68. The fourth-order valence-corrected chi connectivity index (χ4v) is 1.55. The van der Waals surface area contributed by atoms with Crippen LogP contribution in [0, 0.1) is 5.82 Å². The summed E-state index contributed by atoms with van der Waals surface area (Å²) in [5, 5.41) is 11.3. The van der Waals surface area contributed by atoms with Crippen LogP contribution in [-0.4, -0.2) is 28.0 Å². The zero-order valence-corrected chi connectivity index (χ0v) is 10.0. The number of carboxylic acids is 1. The van der Waals surface area contributed by atoms with Crippen molar-refractivity contribution in [3.05, 3.63) is 29.8 Å². The molecule has 1 aromatic rings. The molecular formula is C12H15FN2O3. The van der Waals surface area contributed by atoms with E-state index in [4.69, 9.17) is 5.11 Å². The Hall–Kier alpha value is -1.98. The van der Waals surface area contributed by atoms with Crippen LogP contribution in [0.15, 0.2) is 18.3 Å². The van der Waals surface area contributed by atoms with Gasteiger partial charge in [0.15, 0.2) is 0 Å². The number of aliphatic carboxylic acids is 1. The predicted molar refractivity (Wildman–Crippen MR) is 62.6 cm³/mol. The van der Waals surface area contributed by atoms with Crippen molar-refractivity contribution in [1.29, 1.82) is 0 Å². The van der Waals surface area contributed by atoms with Gasteiger partial charge in [0.25, 0.3) is 5.91 Å². The molecule has 0 saturated heterocycles. The number of carbonyl (C=O) groups is 2. The summed E-state index contributed by atoms with van der Waals surface area (Å²) in [6.07, 6.45) is 2.13. The van der Waals surface area contributed by atoms with Gasteiger partial charge in [0.1, 0.15) is 11.5 Å². The third-order valence-corrected chi connectivity index (χ3v) is 2.35. The topological polar surface area (TPSA) is 79.3 Å². The number of aromatic nitrogens is 1. The van der Waals surface area contributed by atoms with Crippen LogP contribution < -0.4 is 5.32 Å². The molecular weight excluding hydrogens is 239 g/mol. The fraction of sp³-hybridized carbons (Fsp3) is 0.417. The van der Waals surface area contributed by atoms with Gasteiger partial charge in [-0.05, 0) is 18.6 Å². The summed E-state index contributed by atoms with van der Waals surface area (Å²) in [6.45, 7) is 1.90. The fourth-order valence-electron chi connectivity index (χ4n) is 1.55. The van der Waals surface area contributed by atoms with Gasteiger partial charge in [0.2, 0.25) is 0 Å². The van der Waals surface area contributed by atoms with E-state index in [2.05, 4.69) is 10.3 Å². The molecule has 2 N–H and O–H groups in total. The summed E-state index contributed by atoms with van der Waals surface area (Å²) in [5.41, 5.74) is 0.0721. The first-order chi connectivity index (χ1) is 8.52.